The molecule has 1 N–H and O–H groups in total. The van der Waals surface area contributed by atoms with Crippen molar-refractivity contribution in [2.24, 2.45) is 23.2 Å². The second-order valence-corrected chi connectivity index (χ2v) is 8.35. The Kier molecular flexibility index (Phi) is 5.06. The average Bonchev–Trinajstić information content (AvgIpc) is 2.52. The smallest absolute Gasteiger partial charge is 0.306 e. The van der Waals surface area contributed by atoms with Crippen molar-refractivity contribution in [2.75, 3.05) is 13.2 Å². The molecule has 0 aromatic heterocycles. The number of hydrogen-bond acceptors (Lipinski definition) is 5. The van der Waals surface area contributed by atoms with E-state index in [0.29, 0.717) is 31.3 Å². The van der Waals surface area contributed by atoms with Crippen molar-refractivity contribution in [3.05, 3.63) is 0 Å². The highest BCUT2D eigenvalue weighted by Crippen LogP contribution is 2.60. The van der Waals surface area contributed by atoms with Crippen LogP contribution in [0.4, 0.5) is 8.78 Å². The summed E-state index contributed by atoms with van der Waals surface area (Å²) < 4.78 is 35.0. The maximum atomic E-state index is 12.6. The first-order valence-corrected chi connectivity index (χ1v) is 9.03. The highest BCUT2D eigenvalue weighted by molar-refractivity contribution is 5.77. The van der Waals surface area contributed by atoms with Crippen LogP contribution >= 0.6 is 0 Å². The number of aliphatic hydroxyl groups is 1. The molecule has 2 atom stereocenters. The number of rotatable bonds is 7. The van der Waals surface area contributed by atoms with Crippen LogP contribution in [0.2, 0.25) is 0 Å². The van der Waals surface area contributed by atoms with E-state index in [0.717, 1.165) is 32.1 Å². The Labute approximate surface area is 146 Å². The van der Waals surface area contributed by atoms with Gasteiger partial charge in [0.1, 0.15) is 0 Å². The van der Waals surface area contributed by atoms with Gasteiger partial charge in [0.2, 0.25) is 0 Å². The van der Waals surface area contributed by atoms with Gasteiger partial charge in [-0.05, 0) is 49.9 Å². The Morgan fingerprint density at radius 2 is 1.64 bits per heavy atom. The average molecular weight is 360 g/mol. The van der Waals surface area contributed by atoms with Crippen LogP contribution in [0.5, 0.6) is 0 Å². The number of hydrogen-bond donors (Lipinski definition) is 1. The Morgan fingerprint density at radius 3 is 2.20 bits per heavy atom. The summed E-state index contributed by atoms with van der Waals surface area (Å²) in [5.41, 5.74) is -0.0316. The third-order valence-corrected chi connectivity index (χ3v) is 5.91. The first-order chi connectivity index (χ1) is 11.7. The zero-order valence-corrected chi connectivity index (χ0v) is 14.5. The molecular weight excluding hydrogens is 334 g/mol. The van der Waals surface area contributed by atoms with E-state index in [2.05, 4.69) is 4.74 Å². The number of esters is 2. The summed E-state index contributed by atoms with van der Waals surface area (Å²) >= 11 is 0. The molecule has 0 aliphatic heterocycles. The number of carbonyl (C=O) groups is 2. The second kappa shape index (κ2) is 6.82. The van der Waals surface area contributed by atoms with E-state index in [1.165, 1.54) is 0 Å². The fourth-order valence-corrected chi connectivity index (χ4v) is 5.13. The van der Waals surface area contributed by atoms with Crippen LogP contribution in [0.15, 0.2) is 0 Å². The van der Waals surface area contributed by atoms with Gasteiger partial charge in [-0.15, -0.1) is 0 Å². The van der Waals surface area contributed by atoms with Gasteiger partial charge in [-0.2, -0.15) is 0 Å². The topological polar surface area (TPSA) is 72.8 Å². The van der Waals surface area contributed by atoms with Crippen molar-refractivity contribution < 1.29 is 33.0 Å². The summed E-state index contributed by atoms with van der Waals surface area (Å²) in [6.07, 6.45) is 4.32. The van der Waals surface area contributed by atoms with Crippen LogP contribution < -0.4 is 0 Å². The number of halogens is 2. The highest BCUT2D eigenvalue weighted by Gasteiger charge is 2.55. The summed E-state index contributed by atoms with van der Waals surface area (Å²) in [7, 11) is 0. The fourth-order valence-electron chi connectivity index (χ4n) is 5.13. The zero-order chi connectivity index (χ0) is 18.2. The largest absolute Gasteiger partial charge is 0.465 e. The number of ether oxygens (including phenoxy) is 2. The van der Waals surface area contributed by atoms with Gasteiger partial charge in [0, 0.05) is 12.3 Å². The van der Waals surface area contributed by atoms with Crippen molar-refractivity contribution in [1.82, 2.24) is 0 Å². The predicted octanol–water partition coefficient (Wildman–Crippen LogP) is 2.70. The van der Waals surface area contributed by atoms with Crippen LogP contribution in [0, 0.1) is 23.2 Å². The molecule has 0 saturated heterocycles. The van der Waals surface area contributed by atoms with E-state index in [4.69, 9.17) is 4.74 Å². The first kappa shape index (κ1) is 18.5. The summed E-state index contributed by atoms with van der Waals surface area (Å²) in [6.45, 7) is 0.0115. The number of carbonyl (C=O) groups excluding carboxylic acids is 2. The SMILES string of the molecule is CC(F)(F)COC(=O)CCC(=O)OCC12CC3CC(C1)C(O)C(C3)C2. The quantitative estimate of drug-likeness (QED) is 0.707. The molecule has 5 nitrogen and oxygen atoms in total. The standard InChI is InChI=1S/C18H26F2O5/c1-17(19,20)9-24-14(21)2-3-15(22)25-10-18-6-11-4-12(7-18)16(23)13(5-11)8-18/h11-13,16,23H,2-10H2,1H3. The minimum Gasteiger partial charge on any atom is -0.465 e. The van der Waals surface area contributed by atoms with Crippen molar-refractivity contribution >= 4 is 11.9 Å². The molecule has 4 aliphatic rings. The number of alkyl halides is 2. The summed E-state index contributed by atoms with van der Waals surface area (Å²) in [5.74, 6) is -3.15. The van der Waals surface area contributed by atoms with E-state index in [1.54, 1.807) is 0 Å². The second-order valence-electron chi connectivity index (χ2n) is 8.35. The zero-order valence-electron chi connectivity index (χ0n) is 14.5. The highest BCUT2D eigenvalue weighted by atomic mass is 19.3. The molecule has 4 rings (SSSR count). The molecule has 0 aromatic carbocycles. The lowest BCUT2D eigenvalue weighted by molar-refractivity contribution is -0.171. The van der Waals surface area contributed by atoms with Gasteiger partial charge in [0.25, 0.3) is 5.92 Å². The molecule has 0 heterocycles. The minimum atomic E-state index is -3.07. The Hall–Kier alpha value is -1.24. The van der Waals surface area contributed by atoms with E-state index >= 15 is 0 Å². The van der Waals surface area contributed by atoms with Crippen molar-refractivity contribution in [1.29, 1.82) is 0 Å². The van der Waals surface area contributed by atoms with Gasteiger partial charge < -0.3 is 14.6 Å². The van der Waals surface area contributed by atoms with Crippen LogP contribution in [-0.2, 0) is 19.1 Å². The molecule has 0 aromatic rings. The first-order valence-electron chi connectivity index (χ1n) is 9.03. The van der Waals surface area contributed by atoms with Crippen molar-refractivity contribution in [3.63, 3.8) is 0 Å². The molecule has 7 heteroatoms. The lowest BCUT2D eigenvalue weighted by Gasteiger charge is -2.58. The van der Waals surface area contributed by atoms with E-state index in [-0.39, 0.29) is 24.4 Å². The van der Waals surface area contributed by atoms with E-state index in [9.17, 15) is 23.5 Å². The van der Waals surface area contributed by atoms with Crippen LogP contribution in [-0.4, -0.2) is 42.3 Å². The third kappa shape index (κ3) is 4.49. The van der Waals surface area contributed by atoms with Gasteiger partial charge in [-0.1, -0.05) is 0 Å². The monoisotopic (exact) mass is 360 g/mol. The van der Waals surface area contributed by atoms with Gasteiger partial charge in [0.15, 0.2) is 6.61 Å². The number of aliphatic hydroxyl groups excluding tert-OH is 1. The summed E-state index contributed by atoms with van der Waals surface area (Å²) in [4.78, 5) is 23.2. The molecule has 2 unspecified atom stereocenters. The van der Waals surface area contributed by atoms with Gasteiger partial charge in [-0.25, -0.2) is 8.78 Å². The minimum absolute atomic E-state index is 0.0316. The normalized spacial score (nSPS) is 36.3. The molecule has 0 spiro atoms. The maximum absolute atomic E-state index is 12.6. The molecular formula is C18H26F2O5. The Bertz CT molecular complexity index is 514. The molecule has 4 bridgehead atoms. The summed E-state index contributed by atoms with van der Waals surface area (Å²) in [5, 5.41) is 10.3. The Balaban J connectivity index is 1.40. The predicted molar refractivity (Wildman–Crippen MR) is 83.8 cm³/mol. The van der Waals surface area contributed by atoms with Gasteiger partial charge in [-0.3, -0.25) is 9.59 Å². The molecule has 25 heavy (non-hydrogen) atoms. The van der Waals surface area contributed by atoms with E-state index in [1.807, 2.05) is 0 Å². The molecule has 142 valence electrons. The van der Waals surface area contributed by atoms with Crippen LogP contribution in [0.1, 0.15) is 51.9 Å². The van der Waals surface area contributed by atoms with Crippen molar-refractivity contribution in [3.8, 4) is 0 Å². The molecule has 4 fully saturated rings. The van der Waals surface area contributed by atoms with Crippen LogP contribution in [0.3, 0.4) is 0 Å². The van der Waals surface area contributed by atoms with Gasteiger partial charge in [0.05, 0.1) is 25.6 Å². The Morgan fingerprint density at radius 1 is 1.08 bits per heavy atom. The van der Waals surface area contributed by atoms with Crippen molar-refractivity contribution in [2.45, 2.75) is 63.9 Å². The lowest BCUT2D eigenvalue weighted by Crippen LogP contribution is -2.55. The molecule has 0 radical (unpaired) electrons. The molecule has 4 saturated carbocycles. The lowest BCUT2D eigenvalue weighted by atomic mass is 9.49. The summed E-state index contributed by atoms with van der Waals surface area (Å²) in [6, 6.07) is 0. The van der Waals surface area contributed by atoms with Gasteiger partial charge >= 0.3 is 11.9 Å². The third-order valence-electron chi connectivity index (χ3n) is 5.91. The van der Waals surface area contributed by atoms with E-state index < -0.39 is 24.5 Å². The fraction of sp³-hybridized carbons (Fsp3) is 0.889. The molecule has 0 amide bonds. The van der Waals surface area contributed by atoms with Crippen LogP contribution in [0.25, 0.3) is 0 Å². The molecule has 4 aliphatic carbocycles. The maximum Gasteiger partial charge on any atom is 0.306 e.